The lowest BCUT2D eigenvalue weighted by atomic mass is 9.80. The molecule has 2 rings (SSSR count). The van der Waals surface area contributed by atoms with Gasteiger partial charge in [0.05, 0.1) is 6.54 Å². The lowest BCUT2D eigenvalue weighted by Crippen LogP contribution is -2.50. The fourth-order valence-electron chi connectivity index (χ4n) is 2.14. The van der Waals surface area contributed by atoms with Gasteiger partial charge in [-0.15, -0.1) is 0 Å². The summed E-state index contributed by atoms with van der Waals surface area (Å²) >= 11 is 0. The van der Waals surface area contributed by atoms with Crippen molar-refractivity contribution in [3.8, 4) is 11.8 Å². The summed E-state index contributed by atoms with van der Waals surface area (Å²) < 4.78 is 40.9. The number of rotatable bonds is 3. The molecular weight excluding hydrogens is 279 g/mol. The Morgan fingerprint density at radius 1 is 1.45 bits per heavy atom. The van der Waals surface area contributed by atoms with E-state index in [-0.39, 0.29) is 11.4 Å². The fourth-order valence-corrected chi connectivity index (χ4v) is 3.66. The topological polar surface area (TPSA) is 72.2 Å². The molecule has 1 aromatic rings. The molecule has 0 bridgehead atoms. The van der Waals surface area contributed by atoms with Crippen molar-refractivity contribution in [2.24, 2.45) is 5.73 Å². The van der Waals surface area contributed by atoms with Gasteiger partial charge in [0.1, 0.15) is 10.7 Å². The Morgan fingerprint density at radius 3 is 2.65 bits per heavy atom. The van der Waals surface area contributed by atoms with Gasteiger partial charge in [-0.2, -0.15) is 0 Å². The Kier molecular flexibility index (Phi) is 4.14. The van der Waals surface area contributed by atoms with Crippen LogP contribution in [-0.4, -0.2) is 20.5 Å². The molecule has 0 aromatic heterocycles. The molecule has 0 atom stereocenters. The van der Waals surface area contributed by atoms with Gasteiger partial charge in [-0.3, -0.25) is 0 Å². The molecule has 20 heavy (non-hydrogen) atoms. The average Bonchev–Trinajstić information content (AvgIpc) is 2.33. The highest BCUT2D eigenvalue weighted by Crippen LogP contribution is 2.32. The molecule has 108 valence electrons. The molecule has 1 aromatic carbocycles. The van der Waals surface area contributed by atoms with E-state index >= 15 is 0 Å². The van der Waals surface area contributed by atoms with Crippen molar-refractivity contribution in [1.82, 2.24) is 4.72 Å². The molecule has 0 amide bonds. The first kappa shape index (κ1) is 15.0. The average molecular weight is 296 g/mol. The number of hydrogen-bond acceptors (Lipinski definition) is 3. The van der Waals surface area contributed by atoms with Crippen LogP contribution in [0.1, 0.15) is 31.7 Å². The third-order valence-electron chi connectivity index (χ3n) is 3.39. The highest BCUT2D eigenvalue weighted by molar-refractivity contribution is 7.89. The van der Waals surface area contributed by atoms with E-state index in [2.05, 4.69) is 16.6 Å². The fraction of sp³-hybridized carbons (Fsp3) is 0.429. The molecule has 4 nitrogen and oxygen atoms in total. The van der Waals surface area contributed by atoms with Gasteiger partial charge >= 0.3 is 0 Å². The second kappa shape index (κ2) is 5.52. The van der Waals surface area contributed by atoms with Crippen LogP contribution in [0.2, 0.25) is 0 Å². The zero-order valence-corrected chi connectivity index (χ0v) is 12.1. The predicted molar refractivity (Wildman–Crippen MR) is 74.9 cm³/mol. The van der Waals surface area contributed by atoms with Gasteiger partial charge in [0.15, 0.2) is 0 Å². The highest BCUT2D eigenvalue weighted by atomic mass is 32.2. The lowest BCUT2D eigenvalue weighted by molar-refractivity contribution is 0.247. The maximum atomic E-state index is 14.0. The van der Waals surface area contributed by atoms with Crippen molar-refractivity contribution in [3.05, 3.63) is 29.6 Å². The molecular formula is C14H17FN2O2S. The Bertz CT molecular complexity index is 670. The first-order valence-electron chi connectivity index (χ1n) is 6.39. The van der Waals surface area contributed by atoms with Gasteiger partial charge in [-0.1, -0.05) is 11.8 Å². The summed E-state index contributed by atoms with van der Waals surface area (Å²) in [5, 5.41) is 0. The van der Waals surface area contributed by atoms with Gasteiger partial charge in [0.2, 0.25) is 10.0 Å². The third-order valence-corrected chi connectivity index (χ3v) is 5.07. The van der Waals surface area contributed by atoms with E-state index in [1.54, 1.807) is 0 Å². The van der Waals surface area contributed by atoms with Crippen molar-refractivity contribution >= 4 is 10.0 Å². The molecule has 1 fully saturated rings. The van der Waals surface area contributed by atoms with Crippen LogP contribution >= 0.6 is 0 Å². The van der Waals surface area contributed by atoms with E-state index in [1.807, 2.05) is 6.92 Å². The summed E-state index contributed by atoms with van der Waals surface area (Å²) in [4.78, 5) is -0.344. The molecule has 0 aliphatic heterocycles. The van der Waals surface area contributed by atoms with E-state index in [1.165, 1.54) is 12.1 Å². The Labute approximate surface area is 118 Å². The summed E-state index contributed by atoms with van der Waals surface area (Å²) in [7, 11) is -3.84. The van der Waals surface area contributed by atoms with Gasteiger partial charge in [0.25, 0.3) is 0 Å². The van der Waals surface area contributed by atoms with Crippen LogP contribution in [0.25, 0.3) is 0 Å². The smallest absolute Gasteiger partial charge is 0.243 e. The molecule has 1 aliphatic rings. The molecule has 0 heterocycles. The quantitative estimate of drug-likeness (QED) is 0.827. The van der Waals surface area contributed by atoms with Crippen LogP contribution in [0.3, 0.4) is 0 Å². The molecule has 1 aliphatic carbocycles. The molecule has 3 N–H and O–H groups in total. The normalized spacial score (nSPS) is 16.9. The Hall–Kier alpha value is -1.42. The summed E-state index contributed by atoms with van der Waals surface area (Å²) in [6.45, 7) is 1.99. The molecule has 1 saturated carbocycles. The van der Waals surface area contributed by atoms with E-state index < -0.39 is 21.4 Å². The van der Waals surface area contributed by atoms with Gasteiger partial charge in [0, 0.05) is 11.1 Å². The van der Waals surface area contributed by atoms with Gasteiger partial charge in [-0.25, -0.2) is 17.5 Å². The summed E-state index contributed by atoms with van der Waals surface area (Å²) in [5.74, 6) is 4.46. The minimum atomic E-state index is -3.84. The van der Waals surface area contributed by atoms with Gasteiger partial charge in [-0.05, 0) is 44.4 Å². The molecule has 6 heteroatoms. The number of sulfonamides is 1. The van der Waals surface area contributed by atoms with Gasteiger partial charge < -0.3 is 5.73 Å². The molecule has 0 radical (unpaired) electrons. The standard InChI is InChI=1S/C14H17FN2O2S/c1-14(7-3-8-14)17-20(18,19)13-6-5-11(4-2-9-16)10-12(13)15/h5-6,10,17H,3,7-9,16H2,1H3. The van der Waals surface area contributed by atoms with E-state index in [0.29, 0.717) is 5.56 Å². The van der Waals surface area contributed by atoms with Crippen molar-refractivity contribution in [3.63, 3.8) is 0 Å². The monoisotopic (exact) mass is 296 g/mol. The second-order valence-corrected chi connectivity index (χ2v) is 6.82. The zero-order chi connectivity index (χ0) is 14.8. The maximum absolute atomic E-state index is 14.0. The minimum Gasteiger partial charge on any atom is -0.320 e. The Morgan fingerprint density at radius 2 is 2.15 bits per heavy atom. The van der Waals surface area contributed by atoms with E-state index in [0.717, 1.165) is 25.3 Å². The van der Waals surface area contributed by atoms with Crippen LogP contribution in [-0.2, 0) is 10.0 Å². The van der Waals surface area contributed by atoms with Crippen molar-refractivity contribution in [2.45, 2.75) is 36.6 Å². The molecule has 0 saturated heterocycles. The minimum absolute atomic E-state index is 0.168. The number of hydrogen-bond donors (Lipinski definition) is 2. The predicted octanol–water partition coefficient (Wildman–Crippen LogP) is 1.36. The molecule has 0 unspecified atom stereocenters. The van der Waals surface area contributed by atoms with Crippen LogP contribution in [0.15, 0.2) is 23.1 Å². The second-order valence-electron chi connectivity index (χ2n) is 5.17. The number of halogens is 1. The largest absolute Gasteiger partial charge is 0.320 e. The summed E-state index contributed by atoms with van der Waals surface area (Å²) in [6.07, 6.45) is 2.52. The van der Waals surface area contributed by atoms with Crippen molar-refractivity contribution in [2.75, 3.05) is 6.54 Å². The molecule has 0 spiro atoms. The highest BCUT2D eigenvalue weighted by Gasteiger charge is 2.36. The first-order chi connectivity index (χ1) is 9.36. The zero-order valence-electron chi connectivity index (χ0n) is 11.2. The van der Waals surface area contributed by atoms with Crippen LogP contribution in [0.5, 0.6) is 0 Å². The number of benzene rings is 1. The Balaban J connectivity index is 2.28. The maximum Gasteiger partial charge on any atom is 0.243 e. The van der Waals surface area contributed by atoms with Crippen LogP contribution in [0, 0.1) is 17.7 Å². The number of nitrogens with two attached hydrogens (primary N) is 1. The SMILES string of the molecule is CC1(NS(=O)(=O)c2ccc(C#CCN)cc2F)CCC1. The van der Waals surface area contributed by atoms with Crippen LogP contribution < -0.4 is 10.5 Å². The van der Waals surface area contributed by atoms with Crippen LogP contribution in [0.4, 0.5) is 4.39 Å². The summed E-state index contributed by atoms with van der Waals surface area (Å²) in [6, 6.07) is 3.82. The summed E-state index contributed by atoms with van der Waals surface area (Å²) in [5.41, 5.74) is 5.18. The van der Waals surface area contributed by atoms with Crippen molar-refractivity contribution < 1.29 is 12.8 Å². The van der Waals surface area contributed by atoms with E-state index in [9.17, 15) is 12.8 Å². The third kappa shape index (κ3) is 3.18. The first-order valence-corrected chi connectivity index (χ1v) is 7.87. The van der Waals surface area contributed by atoms with E-state index in [4.69, 9.17) is 5.73 Å². The lowest BCUT2D eigenvalue weighted by Gasteiger charge is -2.38. The van der Waals surface area contributed by atoms with Crippen molar-refractivity contribution in [1.29, 1.82) is 0 Å². The number of nitrogens with one attached hydrogen (secondary N) is 1.